The summed E-state index contributed by atoms with van der Waals surface area (Å²) < 4.78 is 38.4. The topological polar surface area (TPSA) is 58.4 Å². The summed E-state index contributed by atoms with van der Waals surface area (Å²) >= 11 is 0. The summed E-state index contributed by atoms with van der Waals surface area (Å²) in [6.07, 6.45) is -0.0125. The van der Waals surface area contributed by atoms with Crippen LogP contribution in [0.5, 0.6) is 0 Å². The number of halogens is 3. The van der Waals surface area contributed by atoms with Crippen molar-refractivity contribution in [1.82, 2.24) is 14.7 Å². The number of nitrogens with zero attached hydrogens (tertiary/aromatic N) is 3. The predicted molar refractivity (Wildman–Crippen MR) is 68.3 cm³/mol. The third-order valence-corrected chi connectivity index (χ3v) is 3.62. The Bertz CT molecular complexity index is 483. The van der Waals surface area contributed by atoms with Gasteiger partial charge in [0.25, 0.3) is 0 Å². The van der Waals surface area contributed by atoms with Crippen molar-refractivity contribution in [3.05, 3.63) is 18.0 Å². The molecule has 0 unspecified atom stereocenters. The highest BCUT2D eigenvalue weighted by molar-refractivity contribution is 5.76. The first-order chi connectivity index (χ1) is 9.91. The van der Waals surface area contributed by atoms with E-state index in [1.807, 2.05) is 0 Å². The second-order valence-electron chi connectivity index (χ2n) is 5.15. The molecule has 0 spiro atoms. The van der Waals surface area contributed by atoms with E-state index in [1.165, 1.54) is 0 Å². The third kappa shape index (κ3) is 3.96. The molecule has 1 heterocycles. The molecule has 0 saturated heterocycles. The Kier molecular flexibility index (Phi) is 4.87. The lowest BCUT2D eigenvalue weighted by Gasteiger charge is -2.37. The number of rotatable bonds is 6. The number of aromatic nitrogens is 2. The summed E-state index contributed by atoms with van der Waals surface area (Å²) in [7, 11) is 0. The molecule has 2 rings (SSSR count). The number of aliphatic hydroxyl groups is 1. The first-order valence-electron chi connectivity index (χ1n) is 6.93. The van der Waals surface area contributed by atoms with Crippen LogP contribution in [0.4, 0.5) is 13.2 Å². The number of carbonyl (C=O) groups excluding carboxylic acids is 1. The van der Waals surface area contributed by atoms with Crippen LogP contribution in [0, 0.1) is 0 Å². The summed E-state index contributed by atoms with van der Waals surface area (Å²) in [6.45, 7) is 0.196. The maximum Gasteiger partial charge on any atom is 0.435 e. The Labute approximate surface area is 120 Å². The maximum atomic E-state index is 12.5. The minimum atomic E-state index is -4.50. The van der Waals surface area contributed by atoms with Crippen LogP contribution in [0.3, 0.4) is 0 Å². The summed E-state index contributed by atoms with van der Waals surface area (Å²) in [6, 6.07) is 0.996. The number of aliphatic hydroxyl groups excluding tert-OH is 1. The molecule has 0 atom stereocenters. The smallest absolute Gasteiger partial charge is 0.396 e. The molecule has 1 aliphatic carbocycles. The van der Waals surface area contributed by atoms with Crippen LogP contribution < -0.4 is 0 Å². The monoisotopic (exact) mass is 305 g/mol. The van der Waals surface area contributed by atoms with Gasteiger partial charge in [0.2, 0.25) is 5.91 Å². The molecular weight excluding hydrogens is 287 g/mol. The molecule has 1 N–H and O–H groups in total. The lowest BCUT2D eigenvalue weighted by atomic mass is 9.91. The Morgan fingerprint density at radius 1 is 1.48 bits per heavy atom. The van der Waals surface area contributed by atoms with Gasteiger partial charge in [-0.15, -0.1) is 0 Å². The van der Waals surface area contributed by atoms with Crippen LogP contribution in [0.15, 0.2) is 12.3 Å². The van der Waals surface area contributed by atoms with E-state index in [-0.39, 0.29) is 25.1 Å². The van der Waals surface area contributed by atoms with Crippen molar-refractivity contribution in [2.75, 3.05) is 13.2 Å². The molecule has 5 nitrogen and oxygen atoms in total. The van der Waals surface area contributed by atoms with Gasteiger partial charge >= 0.3 is 6.18 Å². The fourth-order valence-corrected chi connectivity index (χ4v) is 2.28. The molecule has 1 fully saturated rings. The first-order valence-corrected chi connectivity index (χ1v) is 6.93. The standard InChI is InChI=1S/C13H18F3N3O2/c14-13(15,16)11-5-7-18(17-11)9-12(21)19(6-2-8-20)10-3-1-4-10/h5,7,10,20H,1-4,6,8-9H2. The molecule has 1 saturated carbocycles. The van der Waals surface area contributed by atoms with Crippen LogP contribution in [0.2, 0.25) is 0 Å². The van der Waals surface area contributed by atoms with Crippen LogP contribution in [0.1, 0.15) is 31.4 Å². The second-order valence-corrected chi connectivity index (χ2v) is 5.15. The van der Waals surface area contributed by atoms with E-state index >= 15 is 0 Å². The minimum Gasteiger partial charge on any atom is -0.396 e. The second kappa shape index (κ2) is 6.46. The van der Waals surface area contributed by atoms with E-state index < -0.39 is 11.9 Å². The molecule has 1 amide bonds. The van der Waals surface area contributed by atoms with E-state index in [1.54, 1.807) is 4.90 Å². The van der Waals surface area contributed by atoms with Gasteiger partial charge in [-0.25, -0.2) is 0 Å². The number of alkyl halides is 3. The highest BCUT2D eigenvalue weighted by Crippen LogP contribution is 2.28. The molecule has 0 radical (unpaired) electrons. The summed E-state index contributed by atoms with van der Waals surface area (Å²) in [4.78, 5) is 13.9. The number of amides is 1. The average molecular weight is 305 g/mol. The van der Waals surface area contributed by atoms with Gasteiger partial charge in [-0.05, 0) is 31.7 Å². The Morgan fingerprint density at radius 3 is 2.67 bits per heavy atom. The van der Waals surface area contributed by atoms with E-state index in [0.29, 0.717) is 13.0 Å². The summed E-state index contributed by atoms with van der Waals surface area (Å²) in [5.41, 5.74) is -0.999. The van der Waals surface area contributed by atoms with Gasteiger partial charge in [-0.1, -0.05) is 0 Å². The quantitative estimate of drug-likeness (QED) is 0.869. The van der Waals surface area contributed by atoms with Crippen LogP contribution in [-0.4, -0.2) is 44.9 Å². The normalized spacial score (nSPS) is 15.8. The van der Waals surface area contributed by atoms with E-state index in [0.717, 1.165) is 36.2 Å². The fraction of sp³-hybridized carbons (Fsp3) is 0.692. The Morgan fingerprint density at radius 2 is 2.19 bits per heavy atom. The zero-order valence-electron chi connectivity index (χ0n) is 11.5. The SMILES string of the molecule is O=C(Cn1ccc(C(F)(F)F)n1)N(CCCO)C1CCC1. The van der Waals surface area contributed by atoms with Crippen LogP contribution in [0.25, 0.3) is 0 Å². The number of hydrogen-bond donors (Lipinski definition) is 1. The van der Waals surface area contributed by atoms with Crippen LogP contribution in [-0.2, 0) is 17.5 Å². The maximum absolute atomic E-state index is 12.5. The molecule has 1 aromatic heterocycles. The highest BCUT2D eigenvalue weighted by Gasteiger charge is 2.34. The van der Waals surface area contributed by atoms with E-state index in [2.05, 4.69) is 5.10 Å². The zero-order chi connectivity index (χ0) is 15.5. The lowest BCUT2D eigenvalue weighted by molar-refractivity contribution is -0.142. The highest BCUT2D eigenvalue weighted by atomic mass is 19.4. The molecule has 8 heteroatoms. The molecule has 0 aliphatic heterocycles. The number of hydrogen-bond acceptors (Lipinski definition) is 3. The first kappa shape index (κ1) is 15.8. The van der Waals surface area contributed by atoms with Gasteiger partial charge in [0.1, 0.15) is 6.54 Å². The fourth-order valence-electron chi connectivity index (χ4n) is 2.28. The molecule has 0 bridgehead atoms. The molecule has 1 aliphatic rings. The zero-order valence-corrected chi connectivity index (χ0v) is 11.5. The van der Waals surface area contributed by atoms with Crippen molar-refractivity contribution in [2.24, 2.45) is 0 Å². The molecule has 21 heavy (non-hydrogen) atoms. The summed E-state index contributed by atoms with van der Waals surface area (Å²) in [5, 5.41) is 12.3. The van der Waals surface area contributed by atoms with Gasteiger partial charge in [0.15, 0.2) is 5.69 Å². The van der Waals surface area contributed by atoms with Crippen molar-refractivity contribution in [1.29, 1.82) is 0 Å². The van der Waals surface area contributed by atoms with Crippen molar-refractivity contribution < 1.29 is 23.1 Å². The van der Waals surface area contributed by atoms with Gasteiger partial charge in [0, 0.05) is 25.4 Å². The third-order valence-electron chi connectivity index (χ3n) is 3.62. The predicted octanol–water partition coefficient (Wildman–Crippen LogP) is 1.67. The number of carbonyl (C=O) groups is 1. The van der Waals surface area contributed by atoms with Gasteiger partial charge in [0.05, 0.1) is 0 Å². The van der Waals surface area contributed by atoms with E-state index in [4.69, 9.17) is 5.11 Å². The minimum absolute atomic E-state index is 0.0174. The largest absolute Gasteiger partial charge is 0.435 e. The average Bonchev–Trinajstić information content (AvgIpc) is 2.80. The molecular formula is C13H18F3N3O2. The van der Waals surface area contributed by atoms with Gasteiger partial charge in [-0.3, -0.25) is 9.48 Å². The van der Waals surface area contributed by atoms with E-state index in [9.17, 15) is 18.0 Å². The van der Waals surface area contributed by atoms with Gasteiger partial charge < -0.3 is 10.0 Å². The van der Waals surface area contributed by atoms with Crippen molar-refractivity contribution >= 4 is 5.91 Å². The Balaban J connectivity index is 1.99. The van der Waals surface area contributed by atoms with Gasteiger partial charge in [-0.2, -0.15) is 18.3 Å². The van der Waals surface area contributed by atoms with Crippen molar-refractivity contribution in [3.63, 3.8) is 0 Å². The van der Waals surface area contributed by atoms with Crippen LogP contribution >= 0.6 is 0 Å². The molecule has 0 aromatic carbocycles. The molecule has 118 valence electrons. The Hall–Kier alpha value is -1.57. The molecule has 1 aromatic rings. The lowest BCUT2D eigenvalue weighted by Crippen LogP contribution is -2.46. The summed E-state index contributed by atoms with van der Waals surface area (Å²) in [5.74, 6) is -0.259. The van der Waals surface area contributed by atoms with Crippen molar-refractivity contribution in [2.45, 2.75) is 44.4 Å². The van der Waals surface area contributed by atoms with Crippen molar-refractivity contribution in [3.8, 4) is 0 Å².